The molecule has 0 spiro atoms. The summed E-state index contributed by atoms with van der Waals surface area (Å²) >= 11 is 0. The van der Waals surface area contributed by atoms with Gasteiger partial charge in [-0.15, -0.1) is 0 Å². The number of para-hydroxylation sites is 1. The number of fused-ring (bicyclic) bond motifs is 1. The van der Waals surface area contributed by atoms with Gasteiger partial charge in [-0.2, -0.15) is 0 Å². The van der Waals surface area contributed by atoms with Crippen LogP contribution in [0.25, 0.3) is 0 Å². The molecule has 0 N–H and O–H groups in total. The maximum atomic E-state index is 6.52. The van der Waals surface area contributed by atoms with Crippen LogP contribution in [-0.4, -0.2) is 41.3 Å². The van der Waals surface area contributed by atoms with Crippen molar-refractivity contribution in [3.63, 3.8) is 0 Å². The number of hydrogen-bond acceptors (Lipinski definition) is 5. The van der Waals surface area contributed by atoms with E-state index in [-0.39, 0.29) is 6.08 Å². The number of ether oxygens (including phenoxy) is 2. The van der Waals surface area contributed by atoms with Gasteiger partial charge in [-0.1, -0.05) is 42.5 Å². The lowest BCUT2D eigenvalue weighted by Crippen LogP contribution is -2.41. The lowest BCUT2D eigenvalue weighted by Gasteiger charge is -2.40. The molecule has 1 heterocycles. The lowest BCUT2D eigenvalue weighted by molar-refractivity contribution is 0.0825. The Bertz CT molecular complexity index is 1000. The van der Waals surface area contributed by atoms with E-state index in [4.69, 9.17) is 9.47 Å². The van der Waals surface area contributed by atoms with Crippen LogP contribution in [0.15, 0.2) is 77.8 Å². The second kappa shape index (κ2) is 7.75. The second-order valence-electron chi connectivity index (χ2n) is 7.75. The summed E-state index contributed by atoms with van der Waals surface area (Å²) in [5.41, 5.74) is 4.38. The van der Waals surface area contributed by atoms with Crippen molar-refractivity contribution in [3.05, 3.63) is 89.5 Å². The third-order valence-corrected chi connectivity index (χ3v) is 5.47. The highest BCUT2D eigenvalue weighted by atomic mass is 16.7. The topological polar surface area (TPSA) is 37.3 Å². The fourth-order valence-electron chi connectivity index (χ4n) is 3.82. The second-order valence-corrected chi connectivity index (χ2v) is 7.75. The number of nitrogens with zero attached hydrogens (tertiary/aromatic N) is 3. The SMILES string of the molecule is CN=C1Oc2ccccc2C(c2ccc(N(C)C)cc2)(c2ccc(N(C)C)cc2)O1. The molecule has 0 atom stereocenters. The van der Waals surface area contributed by atoms with Crippen LogP contribution in [0.4, 0.5) is 11.4 Å². The first-order valence-electron chi connectivity index (χ1n) is 9.94. The van der Waals surface area contributed by atoms with Gasteiger partial charge >= 0.3 is 6.08 Å². The third-order valence-electron chi connectivity index (χ3n) is 5.47. The number of aliphatic imine (C=N–C) groups is 1. The van der Waals surface area contributed by atoms with Gasteiger partial charge in [0.25, 0.3) is 0 Å². The molecule has 0 radical (unpaired) electrons. The molecule has 3 aromatic rings. The summed E-state index contributed by atoms with van der Waals surface area (Å²) in [4.78, 5) is 8.41. The van der Waals surface area contributed by atoms with Gasteiger partial charge in [-0.3, -0.25) is 0 Å². The van der Waals surface area contributed by atoms with Crippen molar-refractivity contribution in [2.45, 2.75) is 5.60 Å². The molecule has 30 heavy (non-hydrogen) atoms. The highest BCUT2D eigenvalue weighted by Crippen LogP contribution is 2.47. The summed E-state index contributed by atoms with van der Waals surface area (Å²) in [6, 6.07) is 24.9. The Morgan fingerprint density at radius 3 is 1.67 bits per heavy atom. The van der Waals surface area contributed by atoms with Crippen LogP contribution < -0.4 is 14.5 Å². The molecule has 1 aliphatic rings. The predicted molar refractivity (Wildman–Crippen MR) is 123 cm³/mol. The average Bonchev–Trinajstić information content (AvgIpc) is 2.78. The highest BCUT2D eigenvalue weighted by molar-refractivity contribution is 5.76. The maximum absolute atomic E-state index is 6.52. The van der Waals surface area contributed by atoms with Crippen LogP contribution in [0.2, 0.25) is 0 Å². The van der Waals surface area contributed by atoms with Crippen LogP contribution in [0, 0.1) is 0 Å². The minimum absolute atomic E-state index is 0.252. The first-order valence-corrected chi connectivity index (χ1v) is 9.94. The van der Waals surface area contributed by atoms with Crippen molar-refractivity contribution in [3.8, 4) is 5.75 Å². The molecular weight excluding hydrogens is 374 g/mol. The molecule has 0 saturated carbocycles. The van der Waals surface area contributed by atoms with E-state index in [1.807, 2.05) is 46.4 Å². The van der Waals surface area contributed by atoms with Gasteiger partial charge in [-0.05, 0) is 30.3 Å². The Hall–Kier alpha value is -3.47. The smallest absolute Gasteiger partial charge is 0.390 e. The van der Waals surface area contributed by atoms with E-state index in [2.05, 4.69) is 69.4 Å². The Kier molecular flexibility index (Phi) is 5.12. The Morgan fingerprint density at radius 1 is 0.700 bits per heavy atom. The summed E-state index contributed by atoms with van der Waals surface area (Å²) in [6.07, 6.45) is 0.252. The van der Waals surface area contributed by atoms with E-state index in [0.717, 1.165) is 33.8 Å². The van der Waals surface area contributed by atoms with E-state index in [1.54, 1.807) is 7.05 Å². The summed E-state index contributed by atoms with van der Waals surface area (Å²) in [7, 11) is 9.82. The summed E-state index contributed by atoms with van der Waals surface area (Å²) in [6.45, 7) is 0. The van der Waals surface area contributed by atoms with Crippen LogP contribution in [0.1, 0.15) is 16.7 Å². The van der Waals surface area contributed by atoms with Gasteiger partial charge in [0, 0.05) is 63.3 Å². The van der Waals surface area contributed by atoms with Crippen molar-refractivity contribution in [1.29, 1.82) is 0 Å². The molecule has 5 heteroatoms. The molecule has 0 aromatic heterocycles. The molecular formula is C25H27N3O2. The van der Waals surface area contributed by atoms with Crippen molar-refractivity contribution < 1.29 is 9.47 Å². The normalized spacial score (nSPS) is 15.7. The van der Waals surface area contributed by atoms with E-state index in [1.165, 1.54) is 0 Å². The molecule has 1 aliphatic heterocycles. The number of benzene rings is 3. The minimum Gasteiger partial charge on any atom is -0.429 e. The van der Waals surface area contributed by atoms with Crippen LogP contribution in [-0.2, 0) is 10.3 Å². The molecule has 4 rings (SSSR count). The molecule has 0 unspecified atom stereocenters. The summed E-state index contributed by atoms with van der Waals surface area (Å²) in [5, 5.41) is 0. The van der Waals surface area contributed by atoms with E-state index >= 15 is 0 Å². The van der Waals surface area contributed by atoms with Gasteiger partial charge in [0.2, 0.25) is 0 Å². The lowest BCUT2D eigenvalue weighted by atomic mass is 9.79. The Balaban J connectivity index is 1.98. The largest absolute Gasteiger partial charge is 0.429 e. The van der Waals surface area contributed by atoms with Gasteiger partial charge in [0.1, 0.15) is 5.75 Å². The molecule has 5 nitrogen and oxygen atoms in total. The van der Waals surface area contributed by atoms with Crippen molar-refractivity contribution >= 4 is 17.5 Å². The molecule has 0 amide bonds. The van der Waals surface area contributed by atoms with E-state index in [0.29, 0.717) is 0 Å². The molecule has 154 valence electrons. The molecule has 0 fully saturated rings. The van der Waals surface area contributed by atoms with Crippen molar-refractivity contribution in [1.82, 2.24) is 0 Å². The first-order chi connectivity index (χ1) is 14.5. The maximum Gasteiger partial charge on any atom is 0.390 e. The van der Waals surface area contributed by atoms with E-state index < -0.39 is 5.60 Å². The van der Waals surface area contributed by atoms with Crippen molar-refractivity contribution in [2.24, 2.45) is 4.99 Å². The Labute approximate surface area is 178 Å². The molecule has 3 aromatic carbocycles. The highest BCUT2D eigenvalue weighted by Gasteiger charge is 2.45. The van der Waals surface area contributed by atoms with Crippen LogP contribution in [0.5, 0.6) is 5.75 Å². The minimum atomic E-state index is -0.862. The van der Waals surface area contributed by atoms with E-state index in [9.17, 15) is 0 Å². The number of anilines is 2. The molecule has 0 aliphatic carbocycles. The average molecular weight is 402 g/mol. The van der Waals surface area contributed by atoms with Gasteiger partial charge in [0.15, 0.2) is 5.60 Å². The quantitative estimate of drug-likeness (QED) is 0.645. The predicted octanol–water partition coefficient (Wildman–Crippen LogP) is 4.51. The van der Waals surface area contributed by atoms with Crippen LogP contribution in [0.3, 0.4) is 0 Å². The first kappa shape index (κ1) is 19.8. The summed E-state index contributed by atoms with van der Waals surface area (Å²) < 4.78 is 12.4. The monoisotopic (exact) mass is 401 g/mol. The van der Waals surface area contributed by atoms with Gasteiger partial charge in [0.05, 0.1) is 0 Å². The zero-order chi connectivity index (χ0) is 21.3. The third kappa shape index (κ3) is 3.26. The van der Waals surface area contributed by atoms with Gasteiger partial charge < -0.3 is 19.3 Å². The standard InChI is InChI=1S/C25H27N3O2/c1-26-24-29-23-9-7-6-8-22(23)25(30-24,18-10-14-20(15-11-18)27(2)3)19-12-16-21(17-13-19)28(4)5/h6-17H,1-5H3. The van der Waals surface area contributed by atoms with Gasteiger partial charge in [-0.25, -0.2) is 4.99 Å². The zero-order valence-electron chi connectivity index (χ0n) is 18.1. The number of rotatable bonds is 4. The fourth-order valence-corrected chi connectivity index (χ4v) is 3.82. The number of hydrogen-bond donors (Lipinski definition) is 0. The van der Waals surface area contributed by atoms with Crippen LogP contribution >= 0.6 is 0 Å². The molecule has 0 bridgehead atoms. The zero-order valence-corrected chi connectivity index (χ0v) is 18.1. The summed E-state index contributed by atoms with van der Waals surface area (Å²) in [5.74, 6) is 0.748. The van der Waals surface area contributed by atoms with Crippen molar-refractivity contribution in [2.75, 3.05) is 45.0 Å². The molecule has 0 saturated heterocycles. The Morgan fingerprint density at radius 2 is 1.20 bits per heavy atom. The fraction of sp³-hybridized carbons (Fsp3) is 0.240.